The number of nitrogens with zero attached hydrogens (tertiary/aromatic N) is 9. The normalized spacial score (nSPS) is 18.8. The van der Waals surface area contributed by atoms with Crippen LogP contribution in [0.25, 0.3) is 27.6 Å². The van der Waals surface area contributed by atoms with Crippen LogP contribution in [-0.2, 0) is 20.5 Å². The largest absolute Gasteiger partial charge is 1.00 e. The Morgan fingerprint density at radius 1 is 0.831 bits per heavy atom. The molecular weight excluding hydrogens is 1060 g/mol. The second kappa shape index (κ2) is 21.5. The first-order chi connectivity index (χ1) is 27.8. The minimum absolute atomic E-state index is 0. The van der Waals surface area contributed by atoms with Crippen molar-refractivity contribution < 1.29 is 160 Å². The SMILES string of the molecule is Cc1nc(Cl)cc(-n2ncc3ccc(C4(C#N)CC5(CC5)C4)cc32)n1.Cc1nc(Cl)cc(Cl)n1.N#CC1(c2ccc3cn[nH]c3c2)CC2(CC2)C1.O=CO[O-].[2H]CF.[Cs+].[Cs+].[H-]. The molecule has 0 aliphatic heterocycles. The van der Waals surface area contributed by atoms with Crippen molar-refractivity contribution in [1.29, 1.82) is 10.5 Å². The van der Waals surface area contributed by atoms with Gasteiger partial charge < -0.3 is 11.6 Å². The van der Waals surface area contributed by atoms with Crippen LogP contribution in [0.4, 0.5) is 4.39 Å². The van der Waals surface area contributed by atoms with Gasteiger partial charge in [-0.05, 0) is 99.3 Å². The van der Waals surface area contributed by atoms with Gasteiger partial charge in [-0.15, -0.1) is 0 Å². The van der Waals surface area contributed by atoms with Crippen molar-refractivity contribution in [2.45, 2.75) is 76.0 Å². The number of aryl methyl sites for hydroxylation is 2. The van der Waals surface area contributed by atoms with E-state index in [0.29, 0.717) is 43.8 Å². The Balaban J connectivity index is 0.000000239. The molecule has 0 bridgehead atoms. The first-order valence-electron chi connectivity index (χ1n) is 18.5. The molecule has 0 amide bonds. The first kappa shape index (κ1) is 48.9. The summed E-state index contributed by atoms with van der Waals surface area (Å²) in [5, 5.41) is 42.5. The van der Waals surface area contributed by atoms with Crippen LogP contribution in [-0.4, -0.2) is 53.5 Å². The Morgan fingerprint density at radius 3 is 1.76 bits per heavy atom. The summed E-state index contributed by atoms with van der Waals surface area (Å²) in [5.41, 5.74) is 4.65. The summed E-state index contributed by atoms with van der Waals surface area (Å²) in [4.78, 5) is 27.4. The van der Waals surface area contributed by atoms with Gasteiger partial charge in [-0.2, -0.15) is 20.7 Å². The van der Waals surface area contributed by atoms with E-state index in [2.05, 4.69) is 82.6 Å². The van der Waals surface area contributed by atoms with Gasteiger partial charge in [0.05, 0.1) is 54.9 Å². The number of benzene rings is 2. The van der Waals surface area contributed by atoms with E-state index in [9.17, 15) is 14.9 Å². The minimum atomic E-state index is -1.00. The van der Waals surface area contributed by atoms with Gasteiger partial charge >= 0.3 is 138 Å². The smallest absolute Gasteiger partial charge is 1.00 e. The van der Waals surface area contributed by atoms with E-state index >= 15 is 0 Å². The molecule has 2 aromatic carbocycles. The fourth-order valence-corrected chi connectivity index (χ4v) is 8.80. The van der Waals surface area contributed by atoms with Crippen molar-refractivity contribution in [2.24, 2.45) is 10.8 Å². The number of halogens is 4. The number of nitrogens with one attached hydrogen (secondary N) is 1. The molecule has 2 spiro atoms. The standard InChI is InChI=1S/C19H16ClN5.C14H13N3.C5H4Cl2N2.CH3F.CH2O3.2Cs.H/c1-12-23-16(20)7-17(24-12)25-15-6-14(3-2-13(15)8-22-25)19(11-21)9-18(10-19)4-5-18;15-9-14(7-13(8-14)3-4-13)11-2-1-10-6-16-17-12(10)5-11;1-3-8-4(6)2-5(7)9-3;1-2;2-1-4-3;;;/h2-3,6-8H,4-5,9-10H2,1H3;1-2,5-6H,3-4,7-8H2,(H,16,17);2H,1H3;1H3;1,3H;;;/q;;;;;2*+1;-1/p-1/i;;;1D;;;;. The van der Waals surface area contributed by atoms with Gasteiger partial charge in [0.1, 0.15) is 27.1 Å². The molecule has 1 N–H and O–H groups in total. The second-order valence-corrected chi connectivity index (χ2v) is 16.1. The zero-order valence-electron chi connectivity index (χ0n) is 35.0. The molecule has 59 heavy (non-hydrogen) atoms. The maximum Gasteiger partial charge on any atom is 1.00 e. The number of aromatic nitrogens is 8. The summed E-state index contributed by atoms with van der Waals surface area (Å²) in [6, 6.07) is 20.8. The maximum atomic E-state index is 9.96. The number of hydrogen-bond acceptors (Lipinski definition) is 11. The van der Waals surface area contributed by atoms with E-state index in [1.807, 2.05) is 18.5 Å². The van der Waals surface area contributed by atoms with E-state index in [1.54, 1.807) is 24.6 Å². The molecule has 0 unspecified atom stereocenters. The second-order valence-electron chi connectivity index (χ2n) is 14.9. The summed E-state index contributed by atoms with van der Waals surface area (Å²) in [6.45, 7) is 3.36. The Hall–Kier alpha value is -1.15. The van der Waals surface area contributed by atoms with Gasteiger partial charge in [-0.3, -0.25) is 14.3 Å². The van der Waals surface area contributed by atoms with E-state index in [-0.39, 0.29) is 157 Å². The molecule has 0 saturated heterocycles. The van der Waals surface area contributed by atoms with E-state index in [0.717, 1.165) is 58.6 Å². The Kier molecular flexibility index (Phi) is 17.8. The van der Waals surface area contributed by atoms with Gasteiger partial charge in [0.2, 0.25) is 0 Å². The maximum absolute atomic E-state index is 9.96. The fraction of sp³-hybridized carbons (Fsp3) is 0.375. The number of rotatable bonds is 4. The van der Waals surface area contributed by atoms with E-state index < -0.39 is 7.15 Å². The fourth-order valence-electron chi connectivity index (χ4n) is 8.07. The number of carbonyl (C=O) groups is 1. The third kappa shape index (κ3) is 11.7. The molecule has 4 aromatic heterocycles. The molecule has 6 aromatic rings. The van der Waals surface area contributed by atoms with Gasteiger partial charge in [-0.1, -0.05) is 59.1 Å². The van der Waals surface area contributed by atoms with Crippen molar-refractivity contribution in [2.75, 3.05) is 7.15 Å². The topological polar surface area (TPSA) is 195 Å². The monoisotopic (exact) mass is 1100 g/mol. The summed E-state index contributed by atoms with van der Waals surface area (Å²) >= 11 is 17.1. The third-order valence-electron chi connectivity index (χ3n) is 11.0. The number of H-pyrrole nitrogens is 1. The van der Waals surface area contributed by atoms with Crippen molar-refractivity contribution >= 4 is 63.1 Å². The summed E-state index contributed by atoms with van der Waals surface area (Å²) in [7, 11) is -1.00. The van der Waals surface area contributed by atoms with Gasteiger partial charge in [-0.25, -0.2) is 24.6 Å². The minimum Gasteiger partial charge on any atom is -1.00 e. The summed E-state index contributed by atoms with van der Waals surface area (Å²) in [5.74, 6) is 1.83. The van der Waals surface area contributed by atoms with Crippen molar-refractivity contribution in [3.63, 3.8) is 0 Å². The van der Waals surface area contributed by atoms with Gasteiger partial charge in [0.15, 0.2) is 5.82 Å². The number of aromatic amines is 1. The number of hydrogen-bond donors (Lipinski definition) is 1. The molecular formula is C40H38Cl3Cs2FN10O3. The van der Waals surface area contributed by atoms with Crippen LogP contribution < -0.4 is 143 Å². The molecule has 0 atom stereocenters. The molecule has 4 aliphatic carbocycles. The molecule has 4 saturated carbocycles. The predicted octanol–water partition coefficient (Wildman–Crippen LogP) is 2.24. The van der Waals surface area contributed by atoms with Crippen LogP contribution >= 0.6 is 34.8 Å². The van der Waals surface area contributed by atoms with Crippen LogP contribution in [0.5, 0.6) is 0 Å². The Morgan fingerprint density at radius 2 is 1.31 bits per heavy atom. The van der Waals surface area contributed by atoms with Crippen LogP contribution in [0.15, 0.2) is 60.9 Å². The van der Waals surface area contributed by atoms with Gasteiger partial charge in [0.25, 0.3) is 6.47 Å². The number of alkyl halides is 1. The Bertz CT molecular complexity index is 2460. The molecule has 19 heteroatoms. The van der Waals surface area contributed by atoms with E-state index in [1.165, 1.54) is 31.7 Å². The van der Waals surface area contributed by atoms with Crippen LogP contribution in [0.1, 0.15) is 76.9 Å². The molecule has 4 aliphatic rings. The van der Waals surface area contributed by atoms with Crippen molar-refractivity contribution in [3.8, 4) is 18.0 Å². The van der Waals surface area contributed by atoms with Gasteiger partial charge in [0, 0.05) is 22.9 Å². The third-order valence-corrected chi connectivity index (χ3v) is 11.6. The van der Waals surface area contributed by atoms with Crippen LogP contribution in [0.2, 0.25) is 15.5 Å². The first-order valence-corrected chi connectivity index (χ1v) is 18.9. The van der Waals surface area contributed by atoms with Crippen LogP contribution in [0.3, 0.4) is 0 Å². The van der Waals surface area contributed by atoms with Crippen LogP contribution in [0, 0.1) is 47.3 Å². The number of fused-ring (bicyclic) bond motifs is 2. The summed E-state index contributed by atoms with van der Waals surface area (Å²) in [6.07, 6.45) is 12.9. The zero-order chi connectivity index (χ0) is 41.7. The molecule has 10 rings (SSSR count). The molecule has 4 heterocycles. The average Bonchev–Trinajstić information content (AvgIpc) is 4.05. The quantitative estimate of drug-likeness (QED) is 0.118. The number of nitriles is 2. The average molecular weight is 1100 g/mol. The van der Waals surface area contributed by atoms with Crippen molar-refractivity contribution in [1.82, 2.24) is 39.9 Å². The zero-order valence-corrected chi connectivity index (χ0v) is 47.8. The van der Waals surface area contributed by atoms with Crippen molar-refractivity contribution in [3.05, 3.63) is 99.2 Å². The predicted molar refractivity (Wildman–Crippen MR) is 211 cm³/mol. The number of carbonyl (C=O) groups excluding carboxylic acids is 1. The molecule has 0 radical (unpaired) electrons. The molecule has 4 fully saturated rings. The molecule has 296 valence electrons. The Labute approximate surface area is 476 Å². The molecule has 13 nitrogen and oxygen atoms in total. The summed E-state index contributed by atoms with van der Waals surface area (Å²) < 4.78 is 17.3. The van der Waals surface area contributed by atoms with E-state index in [4.69, 9.17) is 46.2 Å².